The van der Waals surface area contributed by atoms with Crippen LogP contribution in [0, 0.1) is 32.8 Å². The molecule has 0 atom stereocenters. The third-order valence-electron chi connectivity index (χ3n) is 3.46. The van der Waals surface area contributed by atoms with Gasteiger partial charge in [-0.3, -0.25) is 10.1 Å². The molecule has 0 saturated carbocycles. The van der Waals surface area contributed by atoms with Gasteiger partial charge in [-0.25, -0.2) is 0 Å². The molecule has 0 aliphatic heterocycles. The standard InChI is InChI=1S/C18H11F3N4O2S/c19-18(20,21)14-5-3-6-15(8-14)24-17(13(9-22)10-23)28-11-12-4-1-2-7-16(12)25(26)27/h1-8,24H,11H2. The highest BCUT2D eigenvalue weighted by atomic mass is 32.2. The molecule has 6 nitrogen and oxygen atoms in total. The smallest absolute Gasteiger partial charge is 0.349 e. The molecule has 0 saturated heterocycles. The quantitative estimate of drug-likeness (QED) is 0.402. The van der Waals surface area contributed by atoms with Crippen LogP contribution in [0.3, 0.4) is 0 Å². The summed E-state index contributed by atoms with van der Waals surface area (Å²) >= 11 is 0.909. The summed E-state index contributed by atoms with van der Waals surface area (Å²) in [6.07, 6.45) is -4.55. The summed E-state index contributed by atoms with van der Waals surface area (Å²) in [5.41, 5.74) is -1.00. The first-order valence-electron chi connectivity index (χ1n) is 7.60. The van der Waals surface area contributed by atoms with E-state index in [-0.39, 0.29) is 27.7 Å². The van der Waals surface area contributed by atoms with Gasteiger partial charge in [0.15, 0.2) is 5.57 Å². The number of halogens is 3. The Hall–Kier alpha value is -3.50. The van der Waals surface area contributed by atoms with Crippen molar-refractivity contribution >= 4 is 23.1 Å². The molecule has 0 spiro atoms. The number of alkyl halides is 3. The van der Waals surface area contributed by atoms with E-state index < -0.39 is 16.7 Å². The van der Waals surface area contributed by atoms with Crippen LogP contribution in [0.2, 0.25) is 0 Å². The van der Waals surface area contributed by atoms with Gasteiger partial charge in [0.05, 0.1) is 10.5 Å². The van der Waals surface area contributed by atoms with Crippen molar-refractivity contribution in [2.45, 2.75) is 11.9 Å². The second-order valence-corrected chi connectivity index (χ2v) is 6.29. The van der Waals surface area contributed by atoms with Crippen LogP contribution in [0.1, 0.15) is 11.1 Å². The highest BCUT2D eigenvalue weighted by Gasteiger charge is 2.30. The van der Waals surface area contributed by atoms with Gasteiger partial charge in [-0.2, -0.15) is 23.7 Å². The number of nitro groups is 1. The lowest BCUT2D eigenvalue weighted by Crippen LogP contribution is -2.06. The number of nitro benzene ring substituents is 1. The number of nitriles is 2. The van der Waals surface area contributed by atoms with Gasteiger partial charge in [-0.15, -0.1) is 11.8 Å². The van der Waals surface area contributed by atoms with E-state index in [0.29, 0.717) is 5.56 Å². The molecule has 2 rings (SSSR count). The zero-order valence-electron chi connectivity index (χ0n) is 14.0. The van der Waals surface area contributed by atoms with Crippen molar-refractivity contribution < 1.29 is 18.1 Å². The fourth-order valence-electron chi connectivity index (χ4n) is 2.16. The third-order valence-corrected chi connectivity index (χ3v) is 4.51. The van der Waals surface area contributed by atoms with Gasteiger partial charge in [-0.05, 0) is 18.2 Å². The van der Waals surface area contributed by atoms with E-state index in [4.69, 9.17) is 10.5 Å². The molecule has 2 aromatic rings. The first-order chi connectivity index (χ1) is 13.3. The summed E-state index contributed by atoms with van der Waals surface area (Å²) in [4.78, 5) is 10.5. The first kappa shape index (κ1) is 20.8. The van der Waals surface area contributed by atoms with Crippen molar-refractivity contribution in [2.75, 3.05) is 5.32 Å². The second kappa shape index (κ2) is 8.93. The zero-order valence-corrected chi connectivity index (χ0v) is 14.8. The first-order valence-corrected chi connectivity index (χ1v) is 8.58. The Kier molecular flexibility index (Phi) is 6.64. The lowest BCUT2D eigenvalue weighted by molar-refractivity contribution is -0.385. The van der Waals surface area contributed by atoms with Crippen LogP contribution in [-0.4, -0.2) is 4.92 Å². The molecule has 1 N–H and O–H groups in total. The molecule has 142 valence electrons. The topological polar surface area (TPSA) is 103 Å². The maximum Gasteiger partial charge on any atom is 0.416 e. The summed E-state index contributed by atoms with van der Waals surface area (Å²) in [6.45, 7) is 0. The van der Waals surface area contributed by atoms with Crippen LogP contribution in [-0.2, 0) is 11.9 Å². The van der Waals surface area contributed by atoms with E-state index in [0.717, 1.165) is 23.9 Å². The molecule has 0 amide bonds. The van der Waals surface area contributed by atoms with E-state index in [9.17, 15) is 23.3 Å². The minimum atomic E-state index is -4.55. The predicted octanol–water partition coefficient (Wildman–Crippen LogP) is 5.22. The molecule has 0 aliphatic carbocycles. The van der Waals surface area contributed by atoms with Crippen molar-refractivity contribution in [1.82, 2.24) is 0 Å². The van der Waals surface area contributed by atoms with Crippen molar-refractivity contribution in [3.8, 4) is 12.1 Å². The van der Waals surface area contributed by atoms with E-state index in [2.05, 4.69) is 5.32 Å². The van der Waals surface area contributed by atoms with E-state index in [1.54, 1.807) is 18.2 Å². The van der Waals surface area contributed by atoms with Crippen molar-refractivity contribution in [3.63, 3.8) is 0 Å². The summed E-state index contributed by atoms with van der Waals surface area (Å²) in [5, 5.41) is 32.0. The van der Waals surface area contributed by atoms with Crippen LogP contribution >= 0.6 is 11.8 Å². The van der Waals surface area contributed by atoms with Crippen molar-refractivity contribution in [3.05, 3.63) is 80.4 Å². The average molecular weight is 404 g/mol. The van der Waals surface area contributed by atoms with Gasteiger partial charge in [0, 0.05) is 23.1 Å². The van der Waals surface area contributed by atoms with E-state index >= 15 is 0 Å². The lowest BCUT2D eigenvalue weighted by atomic mass is 10.2. The summed E-state index contributed by atoms with van der Waals surface area (Å²) < 4.78 is 38.6. The Balaban J connectivity index is 2.32. The van der Waals surface area contributed by atoms with Gasteiger partial charge in [0.2, 0.25) is 0 Å². The van der Waals surface area contributed by atoms with Crippen molar-refractivity contribution in [1.29, 1.82) is 10.5 Å². The molecular weight excluding hydrogens is 393 g/mol. The maximum absolute atomic E-state index is 12.9. The molecule has 0 bridgehead atoms. The summed E-state index contributed by atoms with van der Waals surface area (Å²) in [5.74, 6) is 0.0330. The molecule has 0 aromatic heterocycles. The summed E-state index contributed by atoms with van der Waals surface area (Å²) in [7, 11) is 0. The highest BCUT2D eigenvalue weighted by molar-refractivity contribution is 8.02. The molecule has 0 aliphatic rings. The van der Waals surface area contributed by atoms with Crippen LogP contribution in [0.25, 0.3) is 0 Å². The Bertz CT molecular complexity index is 991. The normalized spacial score (nSPS) is 10.5. The Morgan fingerprint density at radius 3 is 2.43 bits per heavy atom. The Morgan fingerprint density at radius 2 is 1.82 bits per heavy atom. The van der Waals surface area contributed by atoms with Crippen LogP contribution < -0.4 is 5.32 Å². The van der Waals surface area contributed by atoms with Gasteiger partial charge in [0.1, 0.15) is 17.2 Å². The van der Waals surface area contributed by atoms with Gasteiger partial charge >= 0.3 is 6.18 Å². The molecule has 28 heavy (non-hydrogen) atoms. The monoisotopic (exact) mass is 404 g/mol. The predicted molar refractivity (Wildman–Crippen MR) is 97.7 cm³/mol. The van der Waals surface area contributed by atoms with E-state index in [1.165, 1.54) is 30.3 Å². The zero-order chi connectivity index (χ0) is 20.7. The van der Waals surface area contributed by atoms with Crippen LogP contribution in [0.4, 0.5) is 24.5 Å². The number of hydrogen-bond donors (Lipinski definition) is 1. The number of thioether (sulfide) groups is 1. The number of nitrogens with zero attached hydrogens (tertiary/aromatic N) is 3. The number of allylic oxidation sites excluding steroid dienone is 1. The number of rotatable bonds is 6. The lowest BCUT2D eigenvalue weighted by Gasteiger charge is -2.13. The molecule has 2 aromatic carbocycles. The number of hydrogen-bond acceptors (Lipinski definition) is 6. The molecular formula is C18H11F3N4O2S. The Labute approximate surface area is 162 Å². The van der Waals surface area contributed by atoms with Gasteiger partial charge in [0.25, 0.3) is 5.69 Å². The van der Waals surface area contributed by atoms with Gasteiger partial charge in [-0.1, -0.05) is 24.3 Å². The fourth-order valence-corrected chi connectivity index (χ4v) is 3.13. The average Bonchev–Trinajstić information content (AvgIpc) is 2.66. The molecule has 0 radical (unpaired) electrons. The highest BCUT2D eigenvalue weighted by Crippen LogP contribution is 2.33. The minimum Gasteiger partial charge on any atom is -0.349 e. The number of nitrogens with one attached hydrogen (secondary N) is 1. The number of anilines is 1. The largest absolute Gasteiger partial charge is 0.416 e. The SMILES string of the molecule is N#CC(C#N)=C(Nc1cccc(C(F)(F)F)c1)SCc1ccccc1[N+](=O)[O-]. The third kappa shape index (κ3) is 5.25. The second-order valence-electron chi connectivity index (χ2n) is 5.31. The number of para-hydroxylation sites is 1. The molecule has 0 fully saturated rings. The van der Waals surface area contributed by atoms with Crippen molar-refractivity contribution in [2.24, 2.45) is 0 Å². The number of benzene rings is 2. The molecule has 10 heteroatoms. The van der Waals surface area contributed by atoms with Crippen LogP contribution in [0.15, 0.2) is 59.1 Å². The molecule has 0 heterocycles. The van der Waals surface area contributed by atoms with Gasteiger partial charge < -0.3 is 5.32 Å². The maximum atomic E-state index is 12.9. The minimum absolute atomic E-state index is 0.00229. The summed E-state index contributed by atoms with van der Waals surface area (Å²) in [6, 6.07) is 13.6. The van der Waals surface area contributed by atoms with E-state index in [1.807, 2.05) is 0 Å². The van der Waals surface area contributed by atoms with Crippen LogP contribution in [0.5, 0.6) is 0 Å². The Morgan fingerprint density at radius 1 is 1.14 bits per heavy atom. The fraction of sp³-hybridized carbons (Fsp3) is 0.111. The molecule has 0 unspecified atom stereocenters.